The van der Waals surface area contributed by atoms with E-state index < -0.39 is 0 Å². The average molecular weight is 287 g/mol. The first-order valence-electron chi connectivity index (χ1n) is 7.82. The van der Waals surface area contributed by atoms with Crippen molar-refractivity contribution in [3.05, 3.63) is 0 Å². The van der Waals surface area contributed by atoms with Crippen molar-refractivity contribution in [1.82, 2.24) is 5.32 Å². The summed E-state index contributed by atoms with van der Waals surface area (Å²) in [6, 6.07) is 0. The molecular formula is C15H29NO2S. The molecule has 2 atom stereocenters. The highest BCUT2D eigenvalue weighted by Crippen LogP contribution is 2.36. The fraction of sp³-hybridized carbons (Fsp3) is 1.00. The van der Waals surface area contributed by atoms with Gasteiger partial charge in [-0.1, -0.05) is 19.3 Å². The summed E-state index contributed by atoms with van der Waals surface area (Å²) in [4.78, 5) is 0. The summed E-state index contributed by atoms with van der Waals surface area (Å²) < 4.78 is 6.18. The van der Waals surface area contributed by atoms with Crippen LogP contribution in [0.3, 0.4) is 0 Å². The molecule has 19 heavy (non-hydrogen) atoms. The van der Waals surface area contributed by atoms with Gasteiger partial charge < -0.3 is 15.2 Å². The Bertz CT molecular complexity index is 251. The predicted molar refractivity (Wildman–Crippen MR) is 81.8 cm³/mol. The molecule has 1 saturated heterocycles. The lowest BCUT2D eigenvalue weighted by Crippen LogP contribution is -2.39. The van der Waals surface area contributed by atoms with E-state index in [1.165, 1.54) is 50.7 Å². The first-order chi connectivity index (χ1) is 9.18. The Morgan fingerprint density at radius 1 is 1.32 bits per heavy atom. The molecular weight excluding hydrogens is 258 g/mol. The molecule has 112 valence electrons. The summed E-state index contributed by atoms with van der Waals surface area (Å²) in [7, 11) is 0. The topological polar surface area (TPSA) is 41.5 Å². The van der Waals surface area contributed by atoms with Crippen LogP contribution in [-0.4, -0.2) is 47.5 Å². The molecule has 4 heteroatoms. The SMILES string of the molecule is CC1(CNCC(O)COC2CCCCC2)CCCS1. The van der Waals surface area contributed by atoms with Gasteiger partial charge in [0.05, 0.1) is 18.8 Å². The minimum Gasteiger partial charge on any atom is -0.389 e. The molecule has 0 aromatic carbocycles. The number of aliphatic hydroxyl groups is 1. The quantitative estimate of drug-likeness (QED) is 0.755. The van der Waals surface area contributed by atoms with Crippen LogP contribution in [0.2, 0.25) is 0 Å². The Kier molecular flexibility index (Phi) is 6.46. The van der Waals surface area contributed by atoms with Crippen molar-refractivity contribution in [2.24, 2.45) is 0 Å². The van der Waals surface area contributed by atoms with Gasteiger partial charge in [-0.15, -0.1) is 0 Å². The molecule has 2 rings (SSSR count). The minimum atomic E-state index is -0.364. The van der Waals surface area contributed by atoms with Crippen molar-refractivity contribution in [3.63, 3.8) is 0 Å². The molecule has 1 saturated carbocycles. The van der Waals surface area contributed by atoms with Crippen LogP contribution < -0.4 is 5.32 Å². The second-order valence-corrected chi connectivity index (χ2v) is 7.96. The van der Waals surface area contributed by atoms with Crippen molar-refractivity contribution >= 4 is 11.8 Å². The van der Waals surface area contributed by atoms with Gasteiger partial charge in [0, 0.05) is 17.8 Å². The molecule has 0 aromatic rings. The van der Waals surface area contributed by atoms with E-state index in [0.29, 0.717) is 24.0 Å². The van der Waals surface area contributed by atoms with Crippen molar-refractivity contribution in [2.45, 2.75) is 68.8 Å². The van der Waals surface area contributed by atoms with Gasteiger partial charge >= 0.3 is 0 Å². The Morgan fingerprint density at radius 3 is 2.79 bits per heavy atom. The fourth-order valence-electron chi connectivity index (χ4n) is 3.02. The highest BCUT2D eigenvalue weighted by Gasteiger charge is 2.29. The molecule has 1 aliphatic carbocycles. The van der Waals surface area contributed by atoms with Crippen LogP contribution in [0.25, 0.3) is 0 Å². The van der Waals surface area contributed by atoms with Crippen molar-refractivity contribution in [3.8, 4) is 0 Å². The van der Waals surface area contributed by atoms with Crippen molar-refractivity contribution in [2.75, 3.05) is 25.4 Å². The second kappa shape index (κ2) is 7.87. The van der Waals surface area contributed by atoms with E-state index in [2.05, 4.69) is 24.0 Å². The highest BCUT2D eigenvalue weighted by atomic mass is 32.2. The molecule has 1 aliphatic heterocycles. The molecule has 2 fully saturated rings. The summed E-state index contributed by atoms with van der Waals surface area (Å²) in [5, 5.41) is 13.3. The lowest BCUT2D eigenvalue weighted by atomic mass is 9.98. The van der Waals surface area contributed by atoms with Crippen LogP contribution in [0.1, 0.15) is 51.9 Å². The normalized spacial score (nSPS) is 30.6. The maximum Gasteiger partial charge on any atom is 0.0897 e. The molecule has 0 aromatic heterocycles. The van der Waals surface area contributed by atoms with Gasteiger partial charge in [0.1, 0.15) is 0 Å². The predicted octanol–water partition coefficient (Wildman–Crippen LogP) is 2.57. The number of hydrogen-bond acceptors (Lipinski definition) is 4. The molecule has 3 nitrogen and oxygen atoms in total. The van der Waals surface area contributed by atoms with E-state index in [0.717, 1.165) is 6.54 Å². The van der Waals surface area contributed by atoms with E-state index >= 15 is 0 Å². The Hall–Kier alpha value is 0.230. The van der Waals surface area contributed by atoms with Crippen molar-refractivity contribution in [1.29, 1.82) is 0 Å². The monoisotopic (exact) mass is 287 g/mol. The molecule has 2 unspecified atom stereocenters. The van der Waals surface area contributed by atoms with Gasteiger partial charge in [-0.2, -0.15) is 11.8 Å². The van der Waals surface area contributed by atoms with Crippen LogP contribution in [0.5, 0.6) is 0 Å². The van der Waals surface area contributed by atoms with Crippen LogP contribution in [-0.2, 0) is 4.74 Å². The van der Waals surface area contributed by atoms with Gasteiger partial charge in [0.15, 0.2) is 0 Å². The van der Waals surface area contributed by atoms with Gasteiger partial charge in [0.25, 0.3) is 0 Å². The maximum absolute atomic E-state index is 9.94. The van der Waals surface area contributed by atoms with E-state index in [1.807, 2.05) is 0 Å². The lowest BCUT2D eigenvalue weighted by molar-refractivity contribution is -0.0230. The number of ether oxygens (including phenoxy) is 1. The number of rotatable bonds is 7. The fourth-order valence-corrected chi connectivity index (χ4v) is 4.29. The smallest absolute Gasteiger partial charge is 0.0897 e. The number of thioether (sulfide) groups is 1. The average Bonchev–Trinajstić information content (AvgIpc) is 2.85. The standard InChI is InChI=1S/C15H29NO2S/c1-15(8-5-9-19-15)12-16-10-13(17)11-18-14-6-3-2-4-7-14/h13-14,16-17H,2-12H2,1H3. The van der Waals surface area contributed by atoms with E-state index in [1.54, 1.807) is 0 Å². The zero-order chi connectivity index (χ0) is 13.6. The summed E-state index contributed by atoms with van der Waals surface area (Å²) in [6.45, 7) is 4.46. The molecule has 0 amide bonds. The number of aliphatic hydroxyl groups excluding tert-OH is 1. The van der Waals surface area contributed by atoms with Gasteiger partial charge in [0.2, 0.25) is 0 Å². The lowest BCUT2D eigenvalue weighted by Gasteiger charge is -2.25. The van der Waals surface area contributed by atoms with Gasteiger partial charge in [-0.3, -0.25) is 0 Å². The number of nitrogens with one attached hydrogen (secondary N) is 1. The summed E-state index contributed by atoms with van der Waals surface area (Å²) in [6.07, 6.45) is 8.92. The highest BCUT2D eigenvalue weighted by molar-refractivity contribution is 8.00. The summed E-state index contributed by atoms with van der Waals surface area (Å²) in [5.74, 6) is 1.28. The molecule has 1 heterocycles. The third kappa shape index (κ3) is 5.62. The van der Waals surface area contributed by atoms with Crippen LogP contribution in [0.15, 0.2) is 0 Å². The first kappa shape index (κ1) is 15.6. The molecule has 0 bridgehead atoms. The molecule has 2 aliphatic rings. The van der Waals surface area contributed by atoms with E-state index in [9.17, 15) is 5.11 Å². The Labute approximate surface area is 121 Å². The first-order valence-corrected chi connectivity index (χ1v) is 8.81. The van der Waals surface area contributed by atoms with Gasteiger partial charge in [-0.05, 0) is 38.4 Å². The maximum atomic E-state index is 9.94. The van der Waals surface area contributed by atoms with Crippen LogP contribution >= 0.6 is 11.8 Å². The third-order valence-corrected chi connectivity index (χ3v) is 5.79. The Balaban J connectivity index is 1.52. The summed E-state index contributed by atoms with van der Waals surface area (Å²) >= 11 is 2.06. The van der Waals surface area contributed by atoms with Crippen LogP contribution in [0, 0.1) is 0 Å². The van der Waals surface area contributed by atoms with E-state index in [4.69, 9.17) is 4.74 Å². The van der Waals surface area contributed by atoms with E-state index in [-0.39, 0.29) is 6.10 Å². The molecule has 0 radical (unpaired) electrons. The third-order valence-electron chi connectivity index (χ3n) is 4.26. The van der Waals surface area contributed by atoms with Crippen molar-refractivity contribution < 1.29 is 9.84 Å². The Morgan fingerprint density at radius 2 is 2.11 bits per heavy atom. The molecule has 0 spiro atoms. The van der Waals surface area contributed by atoms with Gasteiger partial charge in [-0.25, -0.2) is 0 Å². The summed E-state index contributed by atoms with van der Waals surface area (Å²) in [5.41, 5.74) is 0. The number of hydrogen-bond donors (Lipinski definition) is 2. The largest absolute Gasteiger partial charge is 0.389 e. The van der Waals surface area contributed by atoms with Crippen LogP contribution in [0.4, 0.5) is 0 Å². The second-order valence-electron chi connectivity index (χ2n) is 6.28. The molecule has 2 N–H and O–H groups in total. The zero-order valence-corrected chi connectivity index (χ0v) is 13.0. The zero-order valence-electron chi connectivity index (χ0n) is 12.2. The minimum absolute atomic E-state index is 0.364.